The predicted octanol–water partition coefficient (Wildman–Crippen LogP) is 2.99. The van der Waals surface area contributed by atoms with E-state index in [1.807, 2.05) is 6.92 Å². The van der Waals surface area contributed by atoms with E-state index in [2.05, 4.69) is 35.0 Å². The van der Waals surface area contributed by atoms with Crippen LogP contribution in [0.4, 0.5) is 0 Å². The highest BCUT2D eigenvalue weighted by Gasteiger charge is 2.16. The van der Waals surface area contributed by atoms with Crippen LogP contribution in [-0.4, -0.2) is 29.0 Å². The lowest BCUT2D eigenvalue weighted by atomic mass is 10.00. The third-order valence-corrected chi connectivity index (χ3v) is 4.18. The monoisotopic (exact) mass is 273 g/mol. The minimum Gasteiger partial charge on any atom is -0.393 e. The number of aromatic nitrogens is 1. The van der Waals surface area contributed by atoms with E-state index in [0.717, 1.165) is 39.0 Å². The van der Waals surface area contributed by atoms with Crippen LogP contribution in [0.3, 0.4) is 0 Å². The van der Waals surface area contributed by atoms with E-state index < -0.39 is 0 Å². The Hall–Kier alpha value is -1.32. The molecule has 1 saturated heterocycles. The van der Waals surface area contributed by atoms with Crippen molar-refractivity contribution in [3.05, 3.63) is 36.0 Å². The second-order valence-electron chi connectivity index (χ2n) is 5.93. The number of fused-ring (bicyclic) bond motifs is 1. The fourth-order valence-corrected chi connectivity index (χ4v) is 3.18. The number of hydrogen-bond acceptors (Lipinski definition) is 2. The number of aliphatic hydroxyl groups is 1. The molecule has 2 heterocycles. The molecule has 0 amide bonds. The van der Waals surface area contributed by atoms with Gasteiger partial charge >= 0.3 is 0 Å². The Bertz CT molecular complexity index is 567. The van der Waals surface area contributed by atoms with Crippen LogP contribution in [0, 0.1) is 5.92 Å². The van der Waals surface area contributed by atoms with Crippen LogP contribution in [0.15, 0.2) is 30.5 Å². The molecule has 0 radical (unpaired) electrons. The van der Waals surface area contributed by atoms with E-state index in [0.29, 0.717) is 5.92 Å². The van der Waals surface area contributed by atoms with Gasteiger partial charge in [0.25, 0.3) is 0 Å². The molecular weight excluding hydrogens is 250 g/mol. The molecule has 3 rings (SSSR count). The average molecular weight is 273 g/mol. The fourth-order valence-electron chi connectivity index (χ4n) is 3.18. The number of aliphatic hydroxyl groups excluding tert-OH is 1. The highest BCUT2D eigenvalue weighted by Crippen LogP contribution is 2.25. The van der Waals surface area contributed by atoms with Gasteiger partial charge in [-0.25, -0.2) is 0 Å². The minimum absolute atomic E-state index is 0.299. The molecule has 1 aromatic heterocycles. The second-order valence-corrected chi connectivity index (χ2v) is 5.93. The maximum Gasteiger partial charge on any atom is 0.0553 e. The van der Waals surface area contributed by atoms with Crippen LogP contribution < -0.4 is 0 Å². The first-order valence-electron chi connectivity index (χ1n) is 7.56. The van der Waals surface area contributed by atoms with Crippen molar-refractivity contribution < 1.29 is 9.84 Å². The molecule has 1 aromatic carbocycles. The van der Waals surface area contributed by atoms with Gasteiger partial charge in [0.2, 0.25) is 0 Å². The van der Waals surface area contributed by atoms with Gasteiger partial charge in [0.15, 0.2) is 0 Å². The Labute approximate surface area is 120 Å². The van der Waals surface area contributed by atoms with Gasteiger partial charge in [0.1, 0.15) is 0 Å². The second kappa shape index (κ2) is 5.98. The summed E-state index contributed by atoms with van der Waals surface area (Å²) in [6, 6.07) is 8.55. The van der Waals surface area contributed by atoms with Crippen LogP contribution in [0.5, 0.6) is 0 Å². The lowest BCUT2D eigenvalue weighted by molar-refractivity contribution is 0.0616. The van der Waals surface area contributed by atoms with E-state index >= 15 is 0 Å². The number of rotatable bonds is 4. The van der Waals surface area contributed by atoms with Gasteiger partial charge in [-0.05, 0) is 42.7 Å². The summed E-state index contributed by atoms with van der Waals surface area (Å²) in [6.07, 6.45) is 4.91. The zero-order valence-corrected chi connectivity index (χ0v) is 12.1. The minimum atomic E-state index is -0.299. The van der Waals surface area contributed by atoms with Gasteiger partial charge in [-0.3, -0.25) is 0 Å². The Kier molecular flexibility index (Phi) is 4.08. The number of hydrogen-bond donors (Lipinski definition) is 1. The zero-order valence-electron chi connectivity index (χ0n) is 12.1. The third kappa shape index (κ3) is 2.89. The summed E-state index contributed by atoms with van der Waals surface area (Å²) in [5.41, 5.74) is 2.54. The van der Waals surface area contributed by atoms with Crippen LogP contribution >= 0.6 is 0 Å². The summed E-state index contributed by atoms with van der Waals surface area (Å²) in [5.74, 6) is 0.707. The molecule has 20 heavy (non-hydrogen) atoms. The van der Waals surface area contributed by atoms with Crippen LogP contribution in [0.2, 0.25) is 0 Å². The van der Waals surface area contributed by atoms with Crippen molar-refractivity contribution in [1.29, 1.82) is 0 Å². The highest BCUT2D eigenvalue weighted by atomic mass is 16.5. The topological polar surface area (TPSA) is 34.4 Å². The lowest BCUT2D eigenvalue weighted by Gasteiger charge is -2.23. The molecule has 108 valence electrons. The smallest absolute Gasteiger partial charge is 0.0553 e. The summed E-state index contributed by atoms with van der Waals surface area (Å²) in [7, 11) is 0. The zero-order chi connectivity index (χ0) is 13.9. The molecule has 0 saturated carbocycles. The third-order valence-electron chi connectivity index (χ3n) is 4.18. The Morgan fingerprint density at radius 3 is 2.85 bits per heavy atom. The fraction of sp³-hybridized carbons (Fsp3) is 0.529. The van der Waals surface area contributed by atoms with Crippen molar-refractivity contribution in [2.45, 2.75) is 38.8 Å². The summed E-state index contributed by atoms with van der Waals surface area (Å²) in [5, 5.41) is 11.0. The molecule has 1 aliphatic rings. The van der Waals surface area contributed by atoms with E-state index in [1.54, 1.807) is 0 Å². The summed E-state index contributed by atoms with van der Waals surface area (Å²) in [4.78, 5) is 0. The number of benzene rings is 1. The summed E-state index contributed by atoms with van der Waals surface area (Å²) < 4.78 is 7.80. The summed E-state index contributed by atoms with van der Waals surface area (Å²) in [6.45, 7) is 4.70. The van der Waals surface area contributed by atoms with Crippen molar-refractivity contribution in [3.8, 4) is 0 Å². The van der Waals surface area contributed by atoms with E-state index in [-0.39, 0.29) is 6.10 Å². The largest absolute Gasteiger partial charge is 0.393 e. The Morgan fingerprint density at radius 1 is 1.30 bits per heavy atom. The highest BCUT2D eigenvalue weighted by molar-refractivity contribution is 5.83. The van der Waals surface area contributed by atoms with Crippen molar-refractivity contribution in [2.75, 3.05) is 13.2 Å². The molecule has 3 heteroatoms. The van der Waals surface area contributed by atoms with Gasteiger partial charge in [-0.2, -0.15) is 0 Å². The van der Waals surface area contributed by atoms with Crippen molar-refractivity contribution in [2.24, 2.45) is 5.92 Å². The van der Waals surface area contributed by atoms with Crippen LogP contribution in [0.25, 0.3) is 10.9 Å². The maximum atomic E-state index is 9.69. The molecule has 1 atom stereocenters. The molecule has 1 N–H and O–H groups in total. The van der Waals surface area contributed by atoms with Crippen LogP contribution in [0.1, 0.15) is 25.3 Å². The van der Waals surface area contributed by atoms with E-state index in [4.69, 9.17) is 4.74 Å². The van der Waals surface area contributed by atoms with Gasteiger partial charge in [-0.15, -0.1) is 0 Å². The van der Waals surface area contributed by atoms with Gasteiger partial charge in [-0.1, -0.05) is 18.2 Å². The number of nitrogens with zero attached hydrogens (tertiary/aromatic N) is 1. The molecule has 0 spiro atoms. The van der Waals surface area contributed by atoms with Crippen molar-refractivity contribution >= 4 is 10.9 Å². The van der Waals surface area contributed by atoms with Gasteiger partial charge in [0, 0.05) is 32.4 Å². The lowest BCUT2D eigenvalue weighted by Crippen LogP contribution is -2.20. The number of para-hydroxylation sites is 1. The molecule has 2 aromatic rings. The average Bonchev–Trinajstić information content (AvgIpc) is 2.84. The van der Waals surface area contributed by atoms with Crippen molar-refractivity contribution in [3.63, 3.8) is 0 Å². The SMILES string of the molecule is CC(O)Cc1cccc2ccn(CC3CCOCC3)c12. The standard InChI is InChI=1S/C17H23NO2/c1-13(19)11-16-4-2-3-15-5-8-18(17(15)16)12-14-6-9-20-10-7-14/h2-5,8,13-14,19H,6-7,9-12H2,1H3. The summed E-state index contributed by atoms with van der Waals surface area (Å²) >= 11 is 0. The first-order valence-corrected chi connectivity index (χ1v) is 7.56. The van der Waals surface area contributed by atoms with Gasteiger partial charge < -0.3 is 14.4 Å². The van der Waals surface area contributed by atoms with E-state index in [1.165, 1.54) is 16.5 Å². The quantitative estimate of drug-likeness (QED) is 0.929. The normalized spacial score (nSPS) is 18.5. The number of ether oxygens (including phenoxy) is 1. The predicted molar refractivity (Wildman–Crippen MR) is 80.9 cm³/mol. The Morgan fingerprint density at radius 2 is 2.10 bits per heavy atom. The van der Waals surface area contributed by atoms with Gasteiger partial charge in [0.05, 0.1) is 11.6 Å². The first-order chi connectivity index (χ1) is 9.74. The molecule has 0 bridgehead atoms. The van der Waals surface area contributed by atoms with Crippen molar-refractivity contribution in [1.82, 2.24) is 4.57 Å². The molecular formula is C17H23NO2. The molecule has 3 nitrogen and oxygen atoms in total. The van der Waals surface area contributed by atoms with Crippen LogP contribution in [-0.2, 0) is 17.7 Å². The first kappa shape index (κ1) is 13.7. The molecule has 1 fully saturated rings. The molecule has 1 aliphatic heterocycles. The molecule has 0 aliphatic carbocycles. The Balaban J connectivity index is 1.89. The molecule has 1 unspecified atom stereocenters. The maximum absolute atomic E-state index is 9.69. The van der Waals surface area contributed by atoms with E-state index in [9.17, 15) is 5.11 Å².